The standard InChI is InChI=1S/C21H23ClN6O4/c1-2-3-9-27-18-14(11-16(22)24-18)20(30)28(21(27)31)10-5-4-6-17-25-19(32-26-17)15-8-7-13(29)12-23-15/h7-8,12,29H,2-6,9-11H2,1H3. The van der Waals surface area contributed by atoms with Crippen LogP contribution in [0.4, 0.5) is 5.82 Å². The van der Waals surface area contributed by atoms with Crippen molar-refractivity contribution >= 4 is 22.6 Å². The summed E-state index contributed by atoms with van der Waals surface area (Å²) in [5.41, 5.74) is 0.282. The number of pyridine rings is 1. The number of hydrogen-bond acceptors (Lipinski definition) is 8. The Kier molecular flexibility index (Phi) is 6.50. The molecular weight excluding hydrogens is 436 g/mol. The van der Waals surface area contributed by atoms with Crippen molar-refractivity contribution in [2.45, 2.75) is 58.5 Å². The Morgan fingerprint density at radius 1 is 1.16 bits per heavy atom. The minimum absolute atomic E-state index is 0.0536. The van der Waals surface area contributed by atoms with E-state index in [2.05, 4.69) is 20.1 Å². The third-order valence-electron chi connectivity index (χ3n) is 5.24. The molecule has 0 radical (unpaired) electrons. The first-order valence-electron chi connectivity index (χ1n) is 10.6. The van der Waals surface area contributed by atoms with E-state index >= 15 is 0 Å². The largest absolute Gasteiger partial charge is 0.506 e. The molecule has 168 valence electrons. The first kappa shape index (κ1) is 21.9. The Morgan fingerprint density at radius 3 is 2.72 bits per heavy atom. The summed E-state index contributed by atoms with van der Waals surface area (Å²) in [5, 5.41) is 13.6. The summed E-state index contributed by atoms with van der Waals surface area (Å²) in [5.74, 6) is 1.23. The Hall–Kier alpha value is -3.27. The van der Waals surface area contributed by atoms with E-state index in [1.54, 1.807) is 10.6 Å². The molecule has 0 aliphatic carbocycles. The Bertz CT molecular complexity index is 1260. The van der Waals surface area contributed by atoms with Gasteiger partial charge < -0.3 is 9.63 Å². The maximum atomic E-state index is 13.0. The second-order valence-corrected chi connectivity index (χ2v) is 8.02. The van der Waals surface area contributed by atoms with E-state index < -0.39 is 0 Å². The molecule has 11 heteroatoms. The molecule has 0 aromatic carbocycles. The normalized spacial score (nSPS) is 12.8. The van der Waals surface area contributed by atoms with Crippen molar-refractivity contribution in [3.8, 4) is 17.3 Å². The molecule has 1 aliphatic rings. The zero-order valence-corrected chi connectivity index (χ0v) is 18.4. The molecule has 0 fully saturated rings. The molecular formula is C21H23ClN6O4. The van der Waals surface area contributed by atoms with Crippen LogP contribution in [-0.4, -0.2) is 34.5 Å². The Labute approximate surface area is 188 Å². The lowest BCUT2D eigenvalue weighted by Crippen LogP contribution is -2.41. The van der Waals surface area contributed by atoms with Crippen LogP contribution >= 0.6 is 11.6 Å². The van der Waals surface area contributed by atoms with Crippen molar-refractivity contribution in [1.82, 2.24) is 24.3 Å². The molecule has 1 N–H and O–H groups in total. The summed E-state index contributed by atoms with van der Waals surface area (Å²) >= 11 is 6.06. The van der Waals surface area contributed by atoms with Gasteiger partial charge in [0.25, 0.3) is 11.4 Å². The summed E-state index contributed by atoms with van der Waals surface area (Å²) < 4.78 is 8.06. The Morgan fingerprint density at radius 2 is 1.97 bits per heavy atom. The van der Waals surface area contributed by atoms with Crippen molar-refractivity contribution in [3.05, 3.63) is 50.6 Å². The van der Waals surface area contributed by atoms with Gasteiger partial charge in [0.15, 0.2) is 5.82 Å². The fraction of sp³-hybridized carbons (Fsp3) is 0.429. The summed E-state index contributed by atoms with van der Waals surface area (Å²) in [7, 11) is 0. The number of aromatic hydroxyl groups is 1. The van der Waals surface area contributed by atoms with E-state index in [1.165, 1.54) is 16.8 Å². The number of unbranched alkanes of at least 4 members (excludes halogenated alkanes) is 2. The average Bonchev–Trinajstić information content (AvgIpc) is 3.40. The number of aryl methyl sites for hydroxylation is 1. The molecule has 0 atom stereocenters. The minimum Gasteiger partial charge on any atom is -0.506 e. The predicted molar refractivity (Wildman–Crippen MR) is 119 cm³/mol. The predicted octanol–water partition coefficient (Wildman–Crippen LogP) is 2.81. The number of rotatable bonds is 9. The van der Waals surface area contributed by atoms with Crippen LogP contribution in [0.3, 0.4) is 0 Å². The molecule has 4 heterocycles. The first-order valence-corrected chi connectivity index (χ1v) is 10.9. The molecule has 0 saturated heterocycles. The van der Waals surface area contributed by atoms with Gasteiger partial charge in [0, 0.05) is 25.9 Å². The van der Waals surface area contributed by atoms with E-state index in [0.717, 1.165) is 12.8 Å². The zero-order chi connectivity index (χ0) is 22.7. The van der Waals surface area contributed by atoms with Crippen molar-refractivity contribution in [2.24, 2.45) is 4.99 Å². The van der Waals surface area contributed by atoms with Crippen LogP contribution in [0.2, 0.25) is 0 Å². The van der Waals surface area contributed by atoms with Gasteiger partial charge in [-0.05, 0) is 31.4 Å². The smallest absolute Gasteiger partial charge is 0.332 e. The molecule has 10 nitrogen and oxygen atoms in total. The highest BCUT2D eigenvalue weighted by Gasteiger charge is 2.24. The van der Waals surface area contributed by atoms with Crippen LogP contribution in [0.25, 0.3) is 11.6 Å². The second-order valence-electron chi connectivity index (χ2n) is 7.59. The van der Waals surface area contributed by atoms with E-state index in [4.69, 9.17) is 16.1 Å². The number of aliphatic imine (C=N–C) groups is 1. The number of halogens is 1. The number of nitrogens with zero attached hydrogens (tertiary/aromatic N) is 6. The van der Waals surface area contributed by atoms with Gasteiger partial charge in [0.1, 0.15) is 22.4 Å². The van der Waals surface area contributed by atoms with Gasteiger partial charge in [-0.15, -0.1) is 0 Å². The molecule has 0 amide bonds. The van der Waals surface area contributed by atoms with Gasteiger partial charge in [0.2, 0.25) is 0 Å². The highest BCUT2D eigenvalue weighted by atomic mass is 35.5. The monoisotopic (exact) mass is 458 g/mol. The fourth-order valence-corrected chi connectivity index (χ4v) is 3.78. The van der Waals surface area contributed by atoms with Crippen molar-refractivity contribution in [2.75, 3.05) is 0 Å². The third kappa shape index (κ3) is 4.50. The van der Waals surface area contributed by atoms with Crippen LogP contribution in [0.15, 0.2) is 37.4 Å². The molecule has 0 spiro atoms. The van der Waals surface area contributed by atoms with Gasteiger partial charge >= 0.3 is 5.69 Å². The van der Waals surface area contributed by atoms with Crippen LogP contribution in [0.1, 0.15) is 44.0 Å². The summed E-state index contributed by atoms with van der Waals surface area (Å²) in [6.45, 7) is 2.83. The second kappa shape index (κ2) is 9.47. The van der Waals surface area contributed by atoms with Gasteiger partial charge in [0.05, 0.1) is 11.8 Å². The summed E-state index contributed by atoms with van der Waals surface area (Å²) in [4.78, 5) is 38.4. The summed E-state index contributed by atoms with van der Waals surface area (Å²) in [6, 6.07) is 3.08. The van der Waals surface area contributed by atoms with Crippen LogP contribution in [0.5, 0.6) is 5.75 Å². The minimum atomic E-state index is -0.349. The highest BCUT2D eigenvalue weighted by molar-refractivity contribution is 6.66. The van der Waals surface area contributed by atoms with Gasteiger partial charge in [-0.3, -0.25) is 13.9 Å². The molecule has 3 aromatic rings. The van der Waals surface area contributed by atoms with Gasteiger partial charge in [-0.1, -0.05) is 30.1 Å². The third-order valence-corrected chi connectivity index (χ3v) is 5.46. The lowest BCUT2D eigenvalue weighted by molar-refractivity contribution is 0.418. The SMILES string of the molecule is CCCCn1c2c(c(=O)n(CCCCc3noc(-c4ccc(O)cn4)n3)c1=O)CC(Cl)=N2. The van der Waals surface area contributed by atoms with E-state index in [9.17, 15) is 14.7 Å². The lowest BCUT2D eigenvalue weighted by Gasteiger charge is -2.13. The first-order chi connectivity index (χ1) is 15.5. The maximum Gasteiger partial charge on any atom is 0.332 e. The topological polar surface area (TPSA) is 128 Å². The number of aromatic nitrogens is 5. The van der Waals surface area contributed by atoms with Crippen molar-refractivity contribution in [3.63, 3.8) is 0 Å². The van der Waals surface area contributed by atoms with Crippen LogP contribution in [0, 0.1) is 0 Å². The van der Waals surface area contributed by atoms with Gasteiger partial charge in [-0.2, -0.15) is 4.98 Å². The summed E-state index contributed by atoms with van der Waals surface area (Å²) in [6.07, 6.45) is 5.09. The van der Waals surface area contributed by atoms with Crippen LogP contribution in [-0.2, 0) is 25.9 Å². The van der Waals surface area contributed by atoms with Crippen LogP contribution < -0.4 is 11.2 Å². The van der Waals surface area contributed by atoms with Gasteiger partial charge in [-0.25, -0.2) is 14.8 Å². The average molecular weight is 459 g/mol. The van der Waals surface area contributed by atoms with E-state index in [0.29, 0.717) is 60.4 Å². The zero-order valence-electron chi connectivity index (χ0n) is 17.6. The molecule has 0 unspecified atom stereocenters. The lowest BCUT2D eigenvalue weighted by atomic mass is 10.2. The number of fused-ring (bicyclic) bond motifs is 1. The molecule has 4 rings (SSSR count). The van der Waals surface area contributed by atoms with E-state index in [1.807, 2.05) is 6.92 Å². The van der Waals surface area contributed by atoms with Crippen molar-refractivity contribution < 1.29 is 9.63 Å². The fourth-order valence-electron chi connectivity index (χ4n) is 3.57. The molecule has 32 heavy (non-hydrogen) atoms. The van der Waals surface area contributed by atoms with Crippen molar-refractivity contribution in [1.29, 1.82) is 0 Å². The molecule has 1 aliphatic heterocycles. The van der Waals surface area contributed by atoms with E-state index in [-0.39, 0.29) is 29.3 Å². The Balaban J connectivity index is 1.43. The number of hydrogen-bond donors (Lipinski definition) is 1. The molecule has 0 saturated carbocycles. The quantitative estimate of drug-likeness (QED) is 0.488. The highest BCUT2D eigenvalue weighted by Crippen LogP contribution is 2.24. The molecule has 3 aromatic heterocycles. The molecule has 0 bridgehead atoms. The maximum absolute atomic E-state index is 13.0.